The molecule has 1 aromatic carbocycles. The summed E-state index contributed by atoms with van der Waals surface area (Å²) < 4.78 is 0. The summed E-state index contributed by atoms with van der Waals surface area (Å²) >= 11 is 0. The molecule has 0 aliphatic heterocycles. The first-order valence-corrected chi connectivity index (χ1v) is 7.12. The molecule has 0 unspecified atom stereocenters. The van der Waals surface area contributed by atoms with Gasteiger partial charge in [0.15, 0.2) is 0 Å². The average molecular weight is 302 g/mol. The first kappa shape index (κ1) is 14.9. The quantitative estimate of drug-likeness (QED) is 0.480. The second kappa shape index (κ2) is 6.02. The zero-order valence-electron chi connectivity index (χ0n) is 11.8. The molecule has 22 heavy (non-hydrogen) atoms. The highest BCUT2D eigenvalue weighted by atomic mass is 16.4. The molecule has 0 fully saturated rings. The second-order valence-electron chi connectivity index (χ2n) is 5.36. The van der Waals surface area contributed by atoms with Crippen LogP contribution in [0.3, 0.4) is 0 Å². The van der Waals surface area contributed by atoms with Crippen molar-refractivity contribution in [3.63, 3.8) is 0 Å². The van der Waals surface area contributed by atoms with Crippen LogP contribution in [0.15, 0.2) is 36.5 Å². The highest BCUT2D eigenvalue weighted by Crippen LogP contribution is 2.30. The fourth-order valence-corrected chi connectivity index (χ4v) is 2.67. The third-order valence-electron chi connectivity index (χ3n) is 3.87. The van der Waals surface area contributed by atoms with Crippen LogP contribution >= 0.6 is 0 Å². The van der Waals surface area contributed by atoms with Gasteiger partial charge in [-0.25, -0.2) is 0 Å². The van der Waals surface area contributed by atoms with Crippen molar-refractivity contribution in [2.75, 3.05) is 6.61 Å². The molecule has 0 amide bonds. The van der Waals surface area contributed by atoms with E-state index in [1.54, 1.807) is 6.20 Å². The lowest BCUT2D eigenvalue weighted by Crippen LogP contribution is -2.31. The Kier molecular flexibility index (Phi) is 4.08. The standard InChI is InChI=1S/C16H18N2O4/c19-8-14(22)12(20)7-13(21)16-15-10(5-6-17-16)9-3-1-2-4-11(9)18-15/h1-6,12-14,18-22H,7-8H2/t12-,13+,14+/m0/s1. The molecule has 0 saturated heterocycles. The Bertz CT molecular complexity index is 786. The SMILES string of the molecule is OC[C@@H](O)[C@@H](O)C[C@@H](O)c1nccc2c1[nH]c1ccccc12. The van der Waals surface area contributed by atoms with Crippen LogP contribution in [0.5, 0.6) is 0 Å². The fourth-order valence-electron chi connectivity index (χ4n) is 2.67. The summed E-state index contributed by atoms with van der Waals surface area (Å²) in [6.07, 6.45) is -2.05. The number of nitrogens with zero attached hydrogens (tertiary/aromatic N) is 1. The van der Waals surface area contributed by atoms with Gasteiger partial charge in [0, 0.05) is 28.9 Å². The fraction of sp³-hybridized carbons (Fsp3) is 0.312. The number of para-hydroxylation sites is 1. The number of pyridine rings is 1. The molecule has 116 valence electrons. The molecular weight excluding hydrogens is 284 g/mol. The van der Waals surface area contributed by atoms with Gasteiger partial charge in [-0.1, -0.05) is 18.2 Å². The highest BCUT2D eigenvalue weighted by Gasteiger charge is 2.23. The highest BCUT2D eigenvalue weighted by molar-refractivity contribution is 6.07. The molecule has 5 N–H and O–H groups in total. The summed E-state index contributed by atoms with van der Waals surface area (Å²) in [4.78, 5) is 7.43. The number of fused-ring (bicyclic) bond motifs is 3. The van der Waals surface area contributed by atoms with Crippen molar-refractivity contribution in [3.8, 4) is 0 Å². The first-order valence-electron chi connectivity index (χ1n) is 7.12. The average Bonchev–Trinajstić information content (AvgIpc) is 2.92. The monoisotopic (exact) mass is 302 g/mol. The number of aliphatic hydroxyl groups excluding tert-OH is 4. The Morgan fingerprint density at radius 3 is 2.55 bits per heavy atom. The summed E-state index contributed by atoms with van der Waals surface area (Å²) in [6, 6.07) is 9.64. The minimum atomic E-state index is -1.28. The van der Waals surface area contributed by atoms with Crippen molar-refractivity contribution >= 4 is 21.8 Å². The Hall–Kier alpha value is -1.99. The Balaban J connectivity index is 2.00. The van der Waals surface area contributed by atoms with Gasteiger partial charge in [0.1, 0.15) is 12.2 Å². The van der Waals surface area contributed by atoms with Gasteiger partial charge in [-0.15, -0.1) is 0 Å². The number of H-pyrrole nitrogens is 1. The smallest absolute Gasteiger partial charge is 0.103 e. The minimum Gasteiger partial charge on any atom is -0.394 e. The summed E-state index contributed by atoms with van der Waals surface area (Å²) in [6.45, 7) is -0.558. The molecule has 2 aromatic heterocycles. The van der Waals surface area contributed by atoms with E-state index >= 15 is 0 Å². The first-order chi connectivity index (χ1) is 10.6. The van der Waals surface area contributed by atoms with Crippen molar-refractivity contribution in [1.29, 1.82) is 0 Å². The van der Waals surface area contributed by atoms with Crippen molar-refractivity contribution in [2.24, 2.45) is 0 Å². The maximum atomic E-state index is 10.3. The molecule has 3 aromatic rings. The van der Waals surface area contributed by atoms with E-state index in [0.717, 1.165) is 16.3 Å². The van der Waals surface area contributed by atoms with Gasteiger partial charge < -0.3 is 25.4 Å². The molecule has 3 atom stereocenters. The van der Waals surface area contributed by atoms with Gasteiger partial charge >= 0.3 is 0 Å². The summed E-state index contributed by atoms with van der Waals surface area (Å²) in [5, 5.41) is 40.3. The lowest BCUT2D eigenvalue weighted by atomic mass is 10.0. The van der Waals surface area contributed by atoms with Gasteiger partial charge in [0.25, 0.3) is 0 Å². The molecular formula is C16H18N2O4. The maximum absolute atomic E-state index is 10.3. The molecule has 6 nitrogen and oxygen atoms in total. The topological polar surface area (TPSA) is 110 Å². The van der Waals surface area contributed by atoms with E-state index < -0.39 is 24.9 Å². The van der Waals surface area contributed by atoms with E-state index in [9.17, 15) is 15.3 Å². The third kappa shape index (κ3) is 2.57. The van der Waals surface area contributed by atoms with Crippen LogP contribution in [0.4, 0.5) is 0 Å². The third-order valence-corrected chi connectivity index (χ3v) is 3.87. The number of hydrogen-bond donors (Lipinski definition) is 5. The number of hydrogen-bond acceptors (Lipinski definition) is 5. The van der Waals surface area contributed by atoms with Crippen molar-refractivity contribution in [1.82, 2.24) is 9.97 Å². The minimum absolute atomic E-state index is 0.108. The molecule has 0 spiro atoms. The lowest BCUT2D eigenvalue weighted by Gasteiger charge is -2.19. The van der Waals surface area contributed by atoms with Crippen LogP contribution in [0.1, 0.15) is 18.2 Å². The van der Waals surface area contributed by atoms with Crippen molar-refractivity contribution in [3.05, 3.63) is 42.2 Å². The van der Waals surface area contributed by atoms with Gasteiger partial charge in [-0.05, 0) is 12.1 Å². The molecule has 6 heteroatoms. The molecule has 0 saturated carbocycles. The van der Waals surface area contributed by atoms with E-state index in [4.69, 9.17) is 5.11 Å². The largest absolute Gasteiger partial charge is 0.394 e. The summed E-state index contributed by atoms with van der Waals surface area (Å²) in [5.74, 6) is 0. The molecule has 0 radical (unpaired) electrons. The lowest BCUT2D eigenvalue weighted by molar-refractivity contribution is -0.0371. The van der Waals surface area contributed by atoms with Crippen LogP contribution in [0.25, 0.3) is 21.8 Å². The number of rotatable bonds is 5. The number of nitrogens with one attached hydrogen (secondary N) is 1. The van der Waals surface area contributed by atoms with Crippen molar-refractivity contribution in [2.45, 2.75) is 24.7 Å². The van der Waals surface area contributed by atoms with E-state index in [0.29, 0.717) is 11.2 Å². The van der Waals surface area contributed by atoms with E-state index in [1.165, 1.54) is 0 Å². The maximum Gasteiger partial charge on any atom is 0.103 e. The van der Waals surface area contributed by atoms with Crippen LogP contribution in [0.2, 0.25) is 0 Å². The zero-order chi connectivity index (χ0) is 15.7. The molecule has 2 heterocycles. The molecule has 0 bridgehead atoms. The van der Waals surface area contributed by atoms with Crippen LogP contribution < -0.4 is 0 Å². The molecule has 3 rings (SSSR count). The van der Waals surface area contributed by atoms with Gasteiger partial charge in [-0.2, -0.15) is 0 Å². The van der Waals surface area contributed by atoms with Gasteiger partial charge in [-0.3, -0.25) is 4.98 Å². The van der Waals surface area contributed by atoms with Crippen LogP contribution in [0, 0.1) is 0 Å². The number of benzene rings is 1. The number of aromatic nitrogens is 2. The predicted octanol–water partition coefficient (Wildman–Crippen LogP) is 0.854. The van der Waals surface area contributed by atoms with Crippen molar-refractivity contribution < 1.29 is 20.4 Å². The zero-order valence-corrected chi connectivity index (χ0v) is 11.8. The van der Waals surface area contributed by atoms with Gasteiger partial charge in [0.2, 0.25) is 0 Å². The van der Waals surface area contributed by atoms with E-state index in [2.05, 4.69) is 9.97 Å². The summed E-state index contributed by atoms with van der Waals surface area (Å²) in [5.41, 5.74) is 2.06. The second-order valence-corrected chi connectivity index (χ2v) is 5.36. The normalized spacial score (nSPS) is 16.0. The van der Waals surface area contributed by atoms with Gasteiger partial charge in [0.05, 0.1) is 23.9 Å². The molecule has 0 aliphatic rings. The Labute approximate surface area is 126 Å². The number of aromatic amines is 1. The van der Waals surface area contributed by atoms with E-state index in [-0.39, 0.29) is 6.42 Å². The Morgan fingerprint density at radius 1 is 1.00 bits per heavy atom. The Morgan fingerprint density at radius 2 is 1.77 bits per heavy atom. The summed E-state index contributed by atoms with van der Waals surface area (Å²) in [7, 11) is 0. The van der Waals surface area contributed by atoms with E-state index in [1.807, 2.05) is 30.3 Å². The number of aliphatic hydroxyl groups is 4. The van der Waals surface area contributed by atoms with Crippen LogP contribution in [-0.4, -0.2) is 49.2 Å². The van der Waals surface area contributed by atoms with Crippen LogP contribution in [-0.2, 0) is 0 Å². The predicted molar refractivity (Wildman–Crippen MR) is 82.3 cm³/mol. The molecule has 0 aliphatic carbocycles.